The van der Waals surface area contributed by atoms with E-state index in [1.54, 1.807) is 0 Å². The summed E-state index contributed by atoms with van der Waals surface area (Å²) >= 11 is 0. The molecule has 2 bridgehead atoms. The molecule has 2 atom stereocenters. The zero-order chi connectivity index (χ0) is 21.0. The van der Waals surface area contributed by atoms with Crippen LogP contribution in [0.2, 0.25) is 0 Å². The number of aromatic nitrogens is 5. The highest BCUT2D eigenvalue weighted by atomic mass is 15.1. The van der Waals surface area contributed by atoms with E-state index in [4.69, 9.17) is 19.9 Å². The van der Waals surface area contributed by atoms with Gasteiger partial charge in [0.25, 0.3) is 0 Å². The molecule has 1 aromatic carbocycles. The van der Waals surface area contributed by atoms with Gasteiger partial charge in [0.15, 0.2) is 11.3 Å². The third kappa shape index (κ3) is 2.41. The van der Waals surface area contributed by atoms with E-state index < -0.39 is 0 Å². The number of nitrogens with zero attached hydrogens (tertiary/aromatic N) is 5. The third-order valence-electron chi connectivity index (χ3n) is 6.95. The lowest BCUT2D eigenvalue weighted by atomic mass is 9.90. The molecule has 0 spiro atoms. The van der Waals surface area contributed by atoms with Crippen LogP contribution in [0.5, 0.6) is 0 Å². The highest BCUT2D eigenvalue weighted by Crippen LogP contribution is 2.54. The average Bonchev–Trinajstić information content (AvgIpc) is 3.37. The molecule has 30 heavy (non-hydrogen) atoms. The van der Waals surface area contributed by atoms with E-state index >= 15 is 0 Å². The van der Waals surface area contributed by atoms with Gasteiger partial charge < -0.3 is 0 Å². The Bertz CT molecular complexity index is 1350. The predicted octanol–water partition coefficient (Wildman–Crippen LogP) is 5.79. The molecule has 0 aliphatic heterocycles. The van der Waals surface area contributed by atoms with Crippen molar-refractivity contribution in [1.82, 2.24) is 24.3 Å². The van der Waals surface area contributed by atoms with Crippen molar-refractivity contribution in [2.45, 2.75) is 83.5 Å². The van der Waals surface area contributed by atoms with Gasteiger partial charge in [-0.1, -0.05) is 41.5 Å². The molecule has 1 fully saturated rings. The molecule has 154 valence electrons. The fraction of sp³-hybridized carbons (Fsp3) is 0.520. The lowest BCUT2D eigenvalue weighted by Crippen LogP contribution is -2.19. The molecule has 2 aliphatic rings. The highest BCUT2D eigenvalue weighted by Gasteiger charge is 2.37. The second-order valence-electron chi connectivity index (χ2n) is 11.3. The molecule has 0 N–H and O–H groups in total. The zero-order valence-electron chi connectivity index (χ0n) is 18.7. The van der Waals surface area contributed by atoms with Gasteiger partial charge in [-0.15, -0.1) is 0 Å². The highest BCUT2D eigenvalue weighted by molar-refractivity contribution is 5.97. The summed E-state index contributed by atoms with van der Waals surface area (Å²) in [5, 5.41) is 1.14. The number of hydrogen-bond acceptors (Lipinski definition) is 4. The van der Waals surface area contributed by atoms with Crippen molar-refractivity contribution in [2.75, 3.05) is 0 Å². The molecule has 1 saturated carbocycles. The normalized spacial score (nSPS) is 21.3. The molecule has 2 unspecified atom stereocenters. The van der Waals surface area contributed by atoms with Crippen molar-refractivity contribution in [2.24, 2.45) is 0 Å². The predicted molar refractivity (Wildman–Crippen MR) is 120 cm³/mol. The van der Waals surface area contributed by atoms with Gasteiger partial charge in [0.2, 0.25) is 0 Å². The van der Waals surface area contributed by atoms with E-state index in [0.29, 0.717) is 5.92 Å². The lowest BCUT2D eigenvalue weighted by molar-refractivity contribution is 0.540. The van der Waals surface area contributed by atoms with Gasteiger partial charge >= 0.3 is 0 Å². The summed E-state index contributed by atoms with van der Waals surface area (Å²) in [4.78, 5) is 19.8. The number of benzene rings is 1. The molecule has 2 aliphatic carbocycles. The monoisotopic (exact) mass is 399 g/mol. The Labute approximate surface area is 177 Å². The molecule has 3 aromatic heterocycles. The molecular formula is C25H29N5. The topological polar surface area (TPSA) is 56.0 Å². The largest absolute Gasteiger partial charge is 0.276 e. The Morgan fingerprint density at radius 3 is 2.23 bits per heavy atom. The Kier molecular flexibility index (Phi) is 3.38. The number of imidazole rings is 1. The Hall–Kier alpha value is -2.56. The van der Waals surface area contributed by atoms with Gasteiger partial charge in [-0.05, 0) is 54.4 Å². The number of hydrogen-bond donors (Lipinski definition) is 0. The van der Waals surface area contributed by atoms with Crippen molar-refractivity contribution in [3.63, 3.8) is 0 Å². The smallest absolute Gasteiger partial charge is 0.182 e. The minimum atomic E-state index is -0.124. The molecule has 5 nitrogen and oxygen atoms in total. The molecule has 6 rings (SSSR count). The maximum absolute atomic E-state index is 5.20. The van der Waals surface area contributed by atoms with Crippen molar-refractivity contribution < 1.29 is 0 Å². The van der Waals surface area contributed by atoms with Crippen LogP contribution in [0.15, 0.2) is 18.3 Å². The molecule has 0 saturated heterocycles. The molecule has 0 radical (unpaired) electrons. The molecular weight excluding hydrogens is 370 g/mol. The van der Waals surface area contributed by atoms with E-state index in [-0.39, 0.29) is 10.8 Å². The van der Waals surface area contributed by atoms with Crippen LogP contribution in [0.3, 0.4) is 0 Å². The Morgan fingerprint density at radius 1 is 0.867 bits per heavy atom. The van der Waals surface area contributed by atoms with Gasteiger partial charge in [0.05, 0.1) is 11.7 Å². The van der Waals surface area contributed by atoms with E-state index in [2.05, 4.69) is 58.1 Å². The summed E-state index contributed by atoms with van der Waals surface area (Å²) in [6.45, 7) is 13.1. The van der Waals surface area contributed by atoms with Crippen LogP contribution >= 0.6 is 0 Å². The Balaban J connectivity index is 1.74. The first-order valence-electron chi connectivity index (χ1n) is 11.1. The first-order valence-corrected chi connectivity index (χ1v) is 11.1. The second-order valence-corrected chi connectivity index (χ2v) is 11.3. The summed E-state index contributed by atoms with van der Waals surface area (Å²) in [7, 11) is 0. The molecule has 5 heteroatoms. The van der Waals surface area contributed by atoms with E-state index in [1.807, 2.05) is 6.20 Å². The van der Waals surface area contributed by atoms with Gasteiger partial charge in [0, 0.05) is 16.2 Å². The summed E-state index contributed by atoms with van der Waals surface area (Å²) in [5.41, 5.74) is 6.55. The maximum atomic E-state index is 5.20. The van der Waals surface area contributed by atoms with Crippen LogP contribution < -0.4 is 0 Å². The SMILES string of the molecule is CC(C)(C)c1ncc2c(n1)nc1c3cc4c(cc3nc(C(C)(C)C)n21)C1CCC4C1. The molecule has 3 heterocycles. The van der Waals surface area contributed by atoms with Crippen LogP contribution in [-0.4, -0.2) is 24.3 Å². The average molecular weight is 400 g/mol. The van der Waals surface area contributed by atoms with E-state index in [9.17, 15) is 0 Å². The molecule has 4 aromatic rings. The van der Waals surface area contributed by atoms with Crippen LogP contribution in [0.4, 0.5) is 0 Å². The van der Waals surface area contributed by atoms with Gasteiger partial charge in [0.1, 0.15) is 17.2 Å². The van der Waals surface area contributed by atoms with Crippen molar-refractivity contribution in [3.05, 3.63) is 41.1 Å². The third-order valence-corrected chi connectivity index (χ3v) is 6.95. The summed E-state index contributed by atoms with van der Waals surface area (Å²) in [6, 6.07) is 4.74. The Morgan fingerprint density at radius 2 is 1.57 bits per heavy atom. The van der Waals surface area contributed by atoms with E-state index in [0.717, 1.165) is 45.3 Å². The number of rotatable bonds is 0. The quantitative estimate of drug-likeness (QED) is 0.376. The van der Waals surface area contributed by atoms with Crippen LogP contribution in [0, 0.1) is 0 Å². The standard InChI is InChI=1S/C25H29N5/c1-24(2,3)22-26-12-19-20(29-22)28-21-17-10-15-13-7-8-14(9-13)16(15)11-18(17)27-23(30(19)21)25(4,5)6/h10-14H,7-9H2,1-6H3. The van der Waals surface area contributed by atoms with Crippen LogP contribution in [0.25, 0.3) is 27.7 Å². The first-order chi connectivity index (χ1) is 14.1. The maximum Gasteiger partial charge on any atom is 0.182 e. The van der Waals surface area contributed by atoms with Crippen molar-refractivity contribution in [1.29, 1.82) is 0 Å². The van der Waals surface area contributed by atoms with Crippen molar-refractivity contribution >= 4 is 27.7 Å². The fourth-order valence-corrected chi connectivity index (χ4v) is 5.44. The summed E-state index contributed by atoms with van der Waals surface area (Å²) < 4.78 is 2.20. The minimum absolute atomic E-state index is 0.114. The second kappa shape index (κ2) is 5.57. The summed E-state index contributed by atoms with van der Waals surface area (Å²) in [5.74, 6) is 3.28. The van der Waals surface area contributed by atoms with Gasteiger partial charge in [-0.25, -0.2) is 19.9 Å². The lowest BCUT2D eigenvalue weighted by Gasteiger charge is -2.22. The minimum Gasteiger partial charge on any atom is -0.276 e. The van der Waals surface area contributed by atoms with Crippen LogP contribution in [-0.2, 0) is 10.8 Å². The van der Waals surface area contributed by atoms with Gasteiger partial charge in [-0.2, -0.15) is 0 Å². The number of fused-ring (bicyclic) bond motifs is 10. The van der Waals surface area contributed by atoms with Gasteiger partial charge in [-0.3, -0.25) is 4.40 Å². The van der Waals surface area contributed by atoms with Crippen LogP contribution in [0.1, 0.15) is 95.4 Å². The van der Waals surface area contributed by atoms with E-state index in [1.165, 1.54) is 30.4 Å². The molecule has 0 amide bonds. The van der Waals surface area contributed by atoms with Crippen molar-refractivity contribution in [3.8, 4) is 0 Å². The first kappa shape index (κ1) is 18.2. The summed E-state index contributed by atoms with van der Waals surface area (Å²) in [6.07, 6.45) is 5.89. The fourth-order valence-electron chi connectivity index (χ4n) is 5.44. The zero-order valence-corrected chi connectivity index (χ0v) is 18.7.